The van der Waals surface area contributed by atoms with Crippen molar-refractivity contribution in [1.82, 2.24) is 0 Å². The fraction of sp³-hybridized carbons (Fsp3) is 0.900. The molecule has 2 atom stereocenters. The summed E-state index contributed by atoms with van der Waals surface area (Å²) in [5.41, 5.74) is -0.621. The molecule has 0 amide bonds. The molecule has 0 N–H and O–H groups in total. The Balaban J connectivity index is 2.59. The third-order valence-electron chi connectivity index (χ3n) is 2.49. The minimum Gasteiger partial charge on any atom is -0.464 e. The zero-order valence-corrected chi connectivity index (χ0v) is 8.79. The summed E-state index contributed by atoms with van der Waals surface area (Å²) < 4.78 is 10.4. The summed E-state index contributed by atoms with van der Waals surface area (Å²) in [6.45, 7) is 8.31. The summed E-state index contributed by atoms with van der Waals surface area (Å²) in [7, 11) is 0. The topological polar surface area (TPSA) is 38.8 Å². The molecule has 0 saturated carbocycles. The maximum Gasteiger partial charge on any atom is 0.341 e. The lowest BCUT2D eigenvalue weighted by Crippen LogP contribution is -2.30. The molecule has 3 heteroatoms. The van der Waals surface area contributed by atoms with E-state index in [0.29, 0.717) is 18.9 Å². The largest absolute Gasteiger partial charge is 0.464 e. The van der Waals surface area contributed by atoms with Crippen LogP contribution in [0, 0.1) is 5.92 Å². The number of carbonyl (C=O) groups excluding carboxylic acids is 1. The summed E-state index contributed by atoms with van der Waals surface area (Å²) in [5.74, 6) is 0.181. The third kappa shape index (κ3) is 1.70. The first-order chi connectivity index (χ1) is 6.08. The fourth-order valence-corrected chi connectivity index (χ4v) is 1.71. The van der Waals surface area contributed by atoms with Gasteiger partial charge in [0.15, 0.2) is 5.60 Å². The second-order valence-corrected chi connectivity index (χ2v) is 3.75. The van der Waals surface area contributed by atoms with Crippen LogP contribution in [0.2, 0.25) is 0 Å². The van der Waals surface area contributed by atoms with Crippen molar-refractivity contribution in [2.24, 2.45) is 5.92 Å². The molecule has 0 aliphatic carbocycles. The van der Waals surface area contributed by atoms with Crippen LogP contribution < -0.4 is 0 Å². The van der Waals surface area contributed by atoms with Gasteiger partial charge >= 0.3 is 5.97 Å². The van der Waals surface area contributed by atoms with Gasteiger partial charge in [0.05, 0.1) is 6.61 Å². The lowest BCUT2D eigenvalue weighted by atomic mass is 9.95. The third-order valence-corrected chi connectivity index (χ3v) is 2.49. The highest BCUT2D eigenvalue weighted by Gasteiger charge is 2.63. The SMILES string of the molecule is CCOC(=O)C1(CC)OC1C(C)C. The van der Waals surface area contributed by atoms with Gasteiger partial charge in [0.2, 0.25) is 0 Å². The van der Waals surface area contributed by atoms with Crippen LogP contribution in [0.1, 0.15) is 34.1 Å². The van der Waals surface area contributed by atoms with Crippen molar-refractivity contribution in [2.45, 2.75) is 45.8 Å². The quantitative estimate of drug-likeness (QED) is 0.496. The number of ether oxygens (including phenoxy) is 2. The van der Waals surface area contributed by atoms with Gasteiger partial charge in [-0.3, -0.25) is 0 Å². The lowest BCUT2D eigenvalue weighted by molar-refractivity contribution is -0.149. The smallest absolute Gasteiger partial charge is 0.341 e. The molecule has 1 fully saturated rings. The van der Waals surface area contributed by atoms with Gasteiger partial charge in [-0.2, -0.15) is 0 Å². The van der Waals surface area contributed by atoms with Crippen molar-refractivity contribution in [3.63, 3.8) is 0 Å². The van der Waals surface area contributed by atoms with E-state index in [1.165, 1.54) is 0 Å². The molecule has 1 saturated heterocycles. The molecule has 13 heavy (non-hydrogen) atoms. The Morgan fingerprint density at radius 2 is 2.15 bits per heavy atom. The van der Waals surface area contributed by atoms with Crippen LogP contribution >= 0.6 is 0 Å². The first-order valence-corrected chi connectivity index (χ1v) is 4.93. The van der Waals surface area contributed by atoms with Gasteiger partial charge in [-0.25, -0.2) is 4.79 Å². The van der Waals surface area contributed by atoms with E-state index >= 15 is 0 Å². The van der Waals surface area contributed by atoms with Crippen LogP contribution in [0.3, 0.4) is 0 Å². The number of esters is 1. The van der Waals surface area contributed by atoms with Crippen molar-refractivity contribution in [2.75, 3.05) is 6.61 Å². The molecule has 0 aromatic heterocycles. The van der Waals surface area contributed by atoms with Gasteiger partial charge in [-0.1, -0.05) is 20.8 Å². The highest BCUT2D eigenvalue weighted by Crippen LogP contribution is 2.44. The van der Waals surface area contributed by atoms with E-state index in [1.54, 1.807) is 0 Å². The highest BCUT2D eigenvalue weighted by atomic mass is 16.7. The highest BCUT2D eigenvalue weighted by molar-refractivity contribution is 5.83. The second-order valence-electron chi connectivity index (χ2n) is 3.75. The van der Waals surface area contributed by atoms with Gasteiger partial charge in [0.25, 0.3) is 0 Å². The number of epoxide rings is 1. The van der Waals surface area contributed by atoms with Gasteiger partial charge < -0.3 is 9.47 Å². The average molecular weight is 186 g/mol. The molecule has 2 unspecified atom stereocenters. The maximum atomic E-state index is 11.5. The van der Waals surface area contributed by atoms with E-state index in [2.05, 4.69) is 13.8 Å². The average Bonchev–Trinajstić information content (AvgIpc) is 2.80. The molecular weight excluding hydrogens is 168 g/mol. The second kappa shape index (κ2) is 3.66. The normalized spacial score (nSPS) is 31.9. The molecule has 1 aliphatic rings. The monoisotopic (exact) mass is 186 g/mol. The maximum absolute atomic E-state index is 11.5. The minimum absolute atomic E-state index is 0.0524. The summed E-state index contributed by atoms with van der Waals surface area (Å²) in [6.07, 6.45) is 0.755. The van der Waals surface area contributed by atoms with Crippen molar-refractivity contribution >= 4 is 5.97 Å². The van der Waals surface area contributed by atoms with Gasteiger partial charge in [-0.05, 0) is 19.3 Å². The van der Waals surface area contributed by atoms with Gasteiger partial charge in [0.1, 0.15) is 6.10 Å². The van der Waals surface area contributed by atoms with Gasteiger partial charge in [-0.15, -0.1) is 0 Å². The lowest BCUT2D eigenvalue weighted by Gasteiger charge is -2.09. The molecule has 0 aromatic rings. The standard InChI is InChI=1S/C10H18O3/c1-5-10(9(11)12-6-2)8(13-10)7(3)4/h7-8H,5-6H2,1-4H3. The summed E-state index contributed by atoms with van der Waals surface area (Å²) in [4.78, 5) is 11.5. The molecule has 0 bridgehead atoms. The first kappa shape index (κ1) is 10.5. The first-order valence-electron chi connectivity index (χ1n) is 4.93. The minimum atomic E-state index is -0.621. The molecule has 1 aliphatic heterocycles. The molecule has 0 aromatic carbocycles. The van der Waals surface area contributed by atoms with Crippen LogP contribution in [0.25, 0.3) is 0 Å². The van der Waals surface area contributed by atoms with Crippen molar-refractivity contribution in [3.8, 4) is 0 Å². The van der Waals surface area contributed by atoms with Crippen LogP contribution in [-0.4, -0.2) is 24.3 Å². The number of hydrogen-bond donors (Lipinski definition) is 0. The van der Waals surface area contributed by atoms with Crippen LogP contribution in [0.4, 0.5) is 0 Å². The summed E-state index contributed by atoms with van der Waals surface area (Å²) >= 11 is 0. The van der Waals surface area contributed by atoms with E-state index in [1.807, 2.05) is 13.8 Å². The Morgan fingerprint density at radius 1 is 1.54 bits per heavy atom. The van der Waals surface area contributed by atoms with E-state index in [0.717, 1.165) is 0 Å². The van der Waals surface area contributed by atoms with Crippen LogP contribution in [-0.2, 0) is 14.3 Å². The number of carbonyl (C=O) groups is 1. The number of rotatable bonds is 4. The molecule has 3 nitrogen and oxygen atoms in total. The molecule has 0 radical (unpaired) electrons. The van der Waals surface area contributed by atoms with E-state index in [9.17, 15) is 4.79 Å². The predicted molar refractivity (Wildman–Crippen MR) is 49.4 cm³/mol. The zero-order valence-electron chi connectivity index (χ0n) is 8.79. The van der Waals surface area contributed by atoms with Crippen LogP contribution in [0.15, 0.2) is 0 Å². The summed E-state index contributed by atoms with van der Waals surface area (Å²) in [5, 5.41) is 0. The predicted octanol–water partition coefficient (Wildman–Crippen LogP) is 1.75. The molecule has 0 spiro atoms. The number of hydrogen-bond acceptors (Lipinski definition) is 3. The molecule has 1 heterocycles. The Hall–Kier alpha value is -0.570. The Kier molecular flexibility index (Phi) is 2.96. The zero-order chi connectivity index (χ0) is 10.1. The van der Waals surface area contributed by atoms with Crippen molar-refractivity contribution in [1.29, 1.82) is 0 Å². The van der Waals surface area contributed by atoms with E-state index in [4.69, 9.17) is 9.47 Å². The Labute approximate surface area is 79.4 Å². The Morgan fingerprint density at radius 3 is 2.46 bits per heavy atom. The van der Waals surface area contributed by atoms with E-state index in [-0.39, 0.29) is 12.1 Å². The summed E-state index contributed by atoms with van der Waals surface area (Å²) in [6, 6.07) is 0. The molecule has 1 rings (SSSR count). The molecule has 76 valence electrons. The van der Waals surface area contributed by atoms with Crippen molar-refractivity contribution < 1.29 is 14.3 Å². The van der Waals surface area contributed by atoms with Crippen molar-refractivity contribution in [3.05, 3.63) is 0 Å². The van der Waals surface area contributed by atoms with Crippen LogP contribution in [0.5, 0.6) is 0 Å². The van der Waals surface area contributed by atoms with E-state index < -0.39 is 5.60 Å². The molecular formula is C10H18O3. The Bertz CT molecular complexity index is 200. The fourth-order valence-electron chi connectivity index (χ4n) is 1.71. The van der Waals surface area contributed by atoms with Gasteiger partial charge in [0, 0.05) is 0 Å².